The number of benzene rings is 1. The number of hydrogen-bond acceptors (Lipinski definition) is 7. The van der Waals surface area contributed by atoms with Gasteiger partial charge in [0.2, 0.25) is 0 Å². The maximum Gasteiger partial charge on any atom is 0.407 e. The normalized spacial score (nSPS) is 21.2. The number of ether oxygens (including phenoxy) is 3. The highest BCUT2D eigenvalue weighted by Gasteiger charge is 2.34. The van der Waals surface area contributed by atoms with Gasteiger partial charge in [-0.2, -0.15) is 12.7 Å². The van der Waals surface area contributed by atoms with Gasteiger partial charge in [-0.1, -0.05) is 12.8 Å². The summed E-state index contributed by atoms with van der Waals surface area (Å²) < 4.78 is 60.7. The molecule has 38 heavy (non-hydrogen) atoms. The van der Waals surface area contributed by atoms with Gasteiger partial charge in [0.15, 0.2) is 0 Å². The molecule has 2 saturated carbocycles. The van der Waals surface area contributed by atoms with Crippen molar-refractivity contribution in [2.24, 2.45) is 5.92 Å². The molecule has 1 aromatic carbocycles. The molecule has 0 aromatic heterocycles. The summed E-state index contributed by atoms with van der Waals surface area (Å²) in [5.41, 5.74) is -0.266. The number of amides is 2. The Morgan fingerprint density at radius 1 is 1.16 bits per heavy atom. The van der Waals surface area contributed by atoms with Crippen LogP contribution >= 0.6 is 0 Å². The number of nitrogens with one attached hydrogen (secondary N) is 2. The highest BCUT2D eigenvalue weighted by Crippen LogP contribution is 2.45. The Morgan fingerprint density at radius 2 is 1.87 bits per heavy atom. The van der Waals surface area contributed by atoms with Crippen LogP contribution in [-0.2, 0) is 19.7 Å². The van der Waals surface area contributed by atoms with Crippen LogP contribution in [0.3, 0.4) is 0 Å². The summed E-state index contributed by atoms with van der Waals surface area (Å²) >= 11 is 0. The molecular formula is C26H38FN3O7S. The molecule has 12 heteroatoms. The molecular weight excluding hydrogens is 517 g/mol. The standard InChI is InChI=1S/C26H38FN3O7S/c1-26(2,3)37-25(32)28-14-19-15-30(10-11-35-19)38(33,34)29-24(31)21-12-20(18-8-9-18)23(13-22(21)27)36-16-17-6-4-5-7-17/h12-13,17-19H,4-11,14-16H2,1-3H3,(H,28,32)(H,29,31)/t19-/m0/s1. The first-order valence-electron chi connectivity index (χ1n) is 13.3. The van der Waals surface area contributed by atoms with E-state index < -0.39 is 39.7 Å². The Kier molecular flexibility index (Phi) is 8.83. The molecule has 1 atom stereocenters. The van der Waals surface area contributed by atoms with Crippen molar-refractivity contribution < 1.29 is 36.6 Å². The van der Waals surface area contributed by atoms with E-state index in [4.69, 9.17) is 14.2 Å². The zero-order valence-corrected chi connectivity index (χ0v) is 23.1. The SMILES string of the molecule is CC(C)(C)OC(=O)NC[C@H]1CN(S(=O)(=O)NC(=O)c2cc(C3CC3)c(OCC3CCCC3)cc2F)CCO1. The number of nitrogens with zero attached hydrogens (tertiary/aromatic N) is 1. The Bertz CT molecular complexity index is 1130. The molecule has 3 fully saturated rings. The maximum atomic E-state index is 15.0. The van der Waals surface area contributed by atoms with E-state index in [9.17, 15) is 18.0 Å². The summed E-state index contributed by atoms with van der Waals surface area (Å²) in [7, 11) is -4.28. The van der Waals surface area contributed by atoms with E-state index in [0.717, 1.165) is 35.6 Å². The van der Waals surface area contributed by atoms with Crippen LogP contribution in [0, 0.1) is 11.7 Å². The van der Waals surface area contributed by atoms with E-state index in [2.05, 4.69) is 5.32 Å². The second-order valence-corrected chi connectivity index (χ2v) is 12.9. The largest absolute Gasteiger partial charge is 0.493 e. The molecule has 2 amide bonds. The van der Waals surface area contributed by atoms with Crippen molar-refractivity contribution in [2.75, 3.05) is 32.8 Å². The summed E-state index contributed by atoms with van der Waals surface area (Å²) in [6.45, 7) is 5.72. The third kappa shape index (κ3) is 7.79. The van der Waals surface area contributed by atoms with Crippen molar-refractivity contribution in [3.8, 4) is 5.75 Å². The minimum Gasteiger partial charge on any atom is -0.493 e. The first kappa shape index (κ1) is 28.6. The van der Waals surface area contributed by atoms with E-state index in [-0.39, 0.29) is 37.7 Å². The average Bonchev–Trinajstić information content (AvgIpc) is 3.54. The van der Waals surface area contributed by atoms with Crippen molar-refractivity contribution in [3.05, 3.63) is 29.1 Å². The lowest BCUT2D eigenvalue weighted by Gasteiger charge is -2.32. The number of carbonyl (C=O) groups is 2. The predicted molar refractivity (Wildman–Crippen MR) is 138 cm³/mol. The molecule has 0 bridgehead atoms. The molecule has 1 aromatic rings. The number of carbonyl (C=O) groups excluding carboxylic acids is 2. The fourth-order valence-electron chi connectivity index (χ4n) is 4.75. The van der Waals surface area contributed by atoms with Crippen LogP contribution in [0.25, 0.3) is 0 Å². The molecule has 1 heterocycles. The van der Waals surface area contributed by atoms with Crippen LogP contribution in [0.4, 0.5) is 9.18 Å². The first-order chi connectivity index (χ1) is 17.9. The van der Waals surface area contributed by atoms with E-state index in [1.807, 2.05) is 4.72 Å². The average molecular weight is 556 g/mol. The van der Waals surface area contributed by atoms with Gasteiger partial charge in [0, 0.05) is 25.7 Å². The molecule has 10 nitrogen and oxygen atoms in total. The van der Waals surface area contributed by atoms with Crippen molar-refractivity contribution in [3.63, 3.8) is 0 Å². The van der Waals surface area contributed by atoms with Crippen LogP contribution in [0.2, 0.25) is 0 Å². The quantitative estimate of drug-likeness (QED) is 0.478. The number of rotatable bonds is 9. The molecule has 0 unspecified atom stereocenters. The lowest BCUT2D eigenvalue weighted by Crippen LogP contribution is -2.53. The van der Waals surface area contributed by atoms with E-state index in [1.54, 1.807) is 20.8 Å². The smallest absolute Gasteiger partial charge is 0.407 e. The van der Waals surface area contributed by atoms with E-state index in [1.165, 1.54) is 25.0 Å². The summed E-state index contributed by atoms with van der Waals surface area (Å²) in [6.07, 6.45) is 5.09. The maximum absolute atomic E-state index is 15.0. The molecule has 2 aliphatic carbocycles. The van der Waals surface area contributed by atoms with Gasteiger partial charge in [0.25, 0.3) is 5.91 Å². The topological polar surface area (TPSA) is 123 Å². The first-order valence-corrected chi connectivity index (χ1v) is 14.7. The monoisotopic (exact) mass is 555 g/mol. The van der Waals surface area contributed by atoms with E-state index >= 15 is 4.39 Å². The number of alkyl carbamates (subject to hydrolysis) is 1. The van der Waals surface area contributed by atoms with Crippen LogP contribution in [-0.4, -0.2) is 69.3 Å². The van der Waals surface area contributed by atoms with Crippen molar-refractivity contribution in [2.45, 2.75) is 76.9 Å². The van der Waals surface area contributed by atoms with Crippen LogP contribution in [0.15, 0.2) is 12.1 Å². The minimum absolute atomic E-state index is 0.00923. The van der Waals surface area contributed by atoms with Gasteiger partial charge in [0.05, 0.1) is 24.9 Å². The summed E-state index contributed by atoms with van der Waals surface area (Å²) in [6, 6.07) is 2.63. The fourth-order valence-corrected chi connectivity index (χ4v) is 5.90. The van der Waals surface area contributed by atoms with Crippen molar-refractivity contribution >= 4 is 22.2 Å². The second-order valence-electron chi connectivity index (χ2n) is 11.3. The molecule has 3 aliphatic rings. The minimum atomic E-state index is -4.28. The van der Waals surface area contributed by atoms with Crippen LogP contribution in [0.5, 0.6) is 5.75 Å². The van der Waals surface area contributed by atoms with Gasteiger partial charge in [-0.05, 0) is 69.9 Å². The van der Waals surface area contributed by atoms with Crippen LogP contribution < -0.4 is 14.8 Å². The summed E-state index contributed by atoms with van der Waals surface area (Å²) in [5.74, 6) is -0.804. The van der Waals surface area contributed by atoms with Crippen molar-refractivity contribution in [1.29, 1.82) is 0 Å². The molecule has 2 N–H and O–H groups in total. The summed E-state index contributed by atoms with van der Waals surface area (Å²) in [4.78, 5) is 24.8. The highest BCUT2D eigenvalue weighted by atomic mass is 32.2. The van der Waals surface area contributed by atoms with Crippen molar-refractivity contribution in [1.82, 2.24) is 14.3 Å². The molecule has 0 radical (unpaired) electrons. The number of morpholine rings is 1. The third-order valence-electron chi connectivity index (χ3n) is 6.85. The number of hydrogen-bond donors (Lipinski definition) is 2. The lowest BCUT2D eigenvalue weighted by molar-refractivity contribution is -0.00384. The third-order valence-corrected chi connectivity index (χ3v) is 8.30. The van der Waals surface area contributed by atoms with Gasteiger partial charge in [-0.15, -0.1) is 0 Å². The van der Waals surface area contributed by atoms with Gasteiger partial charge in [0.1, 0.15) is 17.2 Å². The fraction of sp³-hybridized carbons (Fsp3) is 0.692. The van der Waals surface area contributed by atoms with E-state index in [0.29, 0.717) is 18.3 Å². The summed E-state index contributed by atoms with van der Waals surface area (Å²) in [5, 5.41) is 2.55. The van der Waals surface area contributed by atoms with Gasteiger partial charge < -0.3 is 19.5 Å². The van der Waals surface area contributed by atoms with Gasteiger partial charge >= 0.3 is 16.3 Å². The molecule has 4 rings (SSSR count). The van der Waals surface area contributed by atoms with Crippen LogP contribution in [0.1, 0.15) is 81.1 Å². The predicted octanol–water partition coefficient (Wildman–Crippen LogP) is 3.47. The Morgan fingerprint density at radius 3 is 2.53 bits per heavy atom. The molecule has 1 aliphatic heterocycles. The Balaban J connectivity index is 1.38. The number of halogens is 1. The molecule has 0 spiro atoms. The zero-order valence-electron chi connectivity index (χ0n) is 22.3. The Hall–Kier alpha value is -2.44. The zero-order chi connectivity index (χ0) is 27.5. The Labute approximate surface area is 223 Å². The van der Waals surface area contributed by atoms with Gasteiger partial charge in [-0.3, -0.25) is 4.79 Å². The van der Waals surface area contributed by atoms with Gasteiger partial charge in [-0.25, -0.2) is 13.9 Å². The second kappa shape index (κ2) is 11.7. The lowest BCUT2D eigenvalue weighted by atomic mass is 10.0. The molecule has 212 valence electrons. The highest BCUT2D eigenvalue weighted by molar-refractivity contribution is 7.87. The molecule has 1 saturated heterocycles.